The number of pyridine rings is 1. The maximum atomic E-state index is 14.7. The minimum absolute atomic E-state index is 0.277. The molecule has 1 fully saturated rings. The minimum Gasteiger partial charge on any atom is -0.338 e. The Morgan fingerprint density at radius 3 is 2.90 bits per heavy atom. The van der Waals surface area contributed by atoms with Gasteiger partial charge in [-0.3, -0.25) is 9.20 Å². The quantitative estimate of drug-likeness (QED) is 0.285. The van der Waals surface area contributed by atoms with Gasteiger partial charge in [0.05, 0.1) is 6.20 Å². The summed E-state index contributed by atoms with van der Waals surface area (Å²) in [6.45, 7) is 3.85. The Labute approximate surface area is 177 Å². The number of anilines is 1. The summed E-state index contributed by atoms with van der Waals surface area (Å²) in [6.07, 6.45) is 3.34. The van der Waals surface area contributed by atoms with Gasteiger partial charge in [0.1, 0.15) is 16.6 Å². The molecule has 0 aliphatic carbocycles. The van der Waals surface area contributed by atoms with Crippen LogP contribution in [0.15, 0.2) is 47.2 Å². The molecule has 0 bridgehead atoms. The summed E-state index contributed by atoms with van der Waals surface area (Å²) < 4.78 is 21.7. The smallest absolute Gasteiger partial charge is 0.274 e. The van der Waals surface area contributed by atoms with E-state index in [2.05, 4.69) is 30.9 Å². The van der Waals surface area contributed by atoms with Gasteiger partial charge < -0.3 is 9.84 Å². The highest BCUT2D eigenvalue weighted by Crippen LogP contribution is 2.99. The molecular weight excluding hydrogens is 417 g/mol. The highest BCUT2D eigenvalue weighted by Gasteiger charge is 2.70. The third-order valence-corrected chi connectivity index (χ3v) is 9.25. The van der Waals surface area contributed by atoms with Gasteiger partial charge in [0.25, 0.3) is 5.91 Å². The number of hydrogen-bond donors (Lipinski definition) is 2. The minimum atomic E-state index is -3.40. The SMILES string of the molecule is Cc1cc(C)c(-c2noc([C@H]3C[SH]34(F)C#C4)n2)cc1NC(=O)c1cnc2ccccn12. The molecule has 1 aromatic carbocycles. The fourth-order valence-electron chi connectivity index (χ4n) is 3.92. The fraction of sp³-hybridized carbons (Fsp3) is 0.182. The zero-order chi connectivity index (χ0) is 21.4. The summed E-state index contributed by atoms with van der Waals surface area (Å²) >= 11 is 0. The van der Waals surface area contributed by atoms with E-state index in [-0.39, 0.29) is 11.2 Å². The number of aromatic nitrogens is 4. The van der Waals surface area contributed by atoms with Crippen LogP contribution in [0.1, 0.15) is 32.8 Å². The third kappa shape index (κ3) is 2.68. The molecule has 1 amide bonds. The number of carbonyl (C=O) groups excluding carboxylic acids is 1. The summed E-state index contributed by atoms with van der Waals surface area (Å²) in [6, 6.07) is 9.31. The molecule has 6 rings (SSSR count). The highest BCUT2D eigenvalue weighted by molar-refractivity contribution is 8.62. The normalized spacial score (nSPS) is 20.5. The lowest BCUT2D eigenvalue weighted by Gasteiger charge is -2.12. The first kappa shape index (κ1) is 18.2. The number of fused-ring (bicyclic) bond motifs is 1. The Bertz CT molecular complexity index is 1490. The summed E-state index contributed by atoms with van der Waals surface area (Å²) in [7, 11) is -3.40. The van der Waals surface area contributed by atoms with Crippen molar-refractivity contribution in [3.8, 4) is 21.9 Å². The monoisotopic (exact) mass is 435 g/mol. The summed E-state index contributed by atoms with van der Waals surface area (Å²) in [5.41, 5.74) is 4.30. The first-order chi connectivity index (χ1) is 14.8. The summed E-state index contributed by atoms with van der Waals surface area (Å²) in [5, 5.41) is 12.0. The summed E-state index contributed by atoms with van der Waals surface area (Å²) in [4.78, 5) is 21.6. The highest BCUT2D eigenvalue weighted by atomic mass is 32.3. The molecule has 0 unspecified atom stereocenters. The van der Waals surface area contributed by atoms with Crippen LogP contribution in [0.5, 0.6) is 0 Å². The molecule has 5 heterocycles. The molecule has 0 radical (unpaired) electrons. The number of carbonyl (C=O) groups is 1. The van der Waals surface area contributed by atoms with Crippen molar-refractivity contribution in [2.24, 2.45) is 0 Å². The molecule has 2 aliphatic heterocycles. The molecule has 9 heteroatoms. The zero-order valence-corrected chi connectivity index (χ0v) is 17.7. The third-order valence-electron chi connectivity index (χ3n) is 5.97. The Hall–Kier alpha value is -3.64. The van der Waals surface area contributed by atoms with Gasteiger partial charge >= 0.3 is 0 Å². The molecule has 1 spiro atoms. The zero-order valence-electron chi connectivity index (χ0n) is 16.8. The van der Waals surface area contributed by atoms with Crippen molar-refractivity contribution in [2.45, 2.75) is 19.1 Å². The van der Waals surface area contributed by atoms with Crippen LogP contribution in [0.3, 0.4) is 0 Å². The second-order valence-corrected chi connectivity index (χ2v) is 12.1. The average Bonchev–Trinajstić information content (AvgIpc) is 3.39. The molecule has 7 nitrogen and oxygen atoms in total. The molecule has 0 saturated carbocycles. The van der Waals surface area contributed by atoms with Crippen LogP contribution in [0, 0.1) is 24.4 Å². The predicted octanol–water partition coefficient (Wildman–Crippen LogP) is 4.20. The molecule has 1 N–H and O–H groups in total. The van der Waals surface area contributed by atoms with Gasteiger partial charge in [-0.1, -0.05) is 26.8 Å². The molecule has 31 heavy (non-hydrogen) atoms. The van der Waals surface area contributed by atoms with E-state index in [1.807, 2.05) is 44.2 Å². The topological polar surface area (TPSA) is 85.3 Å². The lowest BCUT2D eigenvalue weighted by molar-refractivity contribution is 0.102. The second-order valence-electron chi connectivity index (χ2n) is 8.14. The van der Waals surface area contributed by atoms with Crippen molar-refractivity contribution >= 4 is 26.8 Å². The number of benzene rings is 1. The number of hydrogen-bond acceptors (Lipinski definition) is 5. The van der Waals surface area contributed by atoms with Crippen LogP contribution >= 0.6 is 9.55 Å². The van der Waals surface area contributed by atoms with Crippen LogP contribution in [-0.2, 0) is 0 Å². The number of thiol groups is 1. The van der Waals surface area contributed by atoms with Crippen LogP contribution in [0.25, 0.3) is 17.0 Å². The number of aryl methyl sites for hydroxylation is 2. The van der Waals surface area contributed by atoms with Gasteiger partial charge in [0.2, 0.25) is 11.7 Å². The van der Waals surface area contributed by atoms with Crippen LogP contribution < -0.4 is 5.32 Å². The molecule has 2 aliphatic rings. The number of rotatable bonds is 4. The van der Waals surface area contributed by atoms with Crippen molar-refractivity contribution in [1.29, 1.82) is 0 Å². The molecular formula is C22H18FN5O2S. The Balaban J connectivity index is 1.31. The molecule has 3 aromatic heterocycles. The lowest BCUT2D eigenvalue weighted by Crippen LogP contribution is -2.15. The van der Waals surface area contributed by atoms with Gasteiger partial charge in [-0.2, -0.15) is 8.87 Å². The van der Waals surface area contributed by atoms with E-state index < -0.39 is 9.55 Å². The number of halogens is 1. The molecule has 156 valence electrons. The van der Waals surface area contributed by atoms with Gasteiger partial charge in [0.15, 0.2) is 0 Å². The van der Waals surface area contributed by atoms with E-state index in [1.54, 1.807) is 16.8 Å². The van der Waals surface area contributed by atoms with E-state index in [4.69, 9.17) is 4.52 Å². The van der Waals surface area contributed by atoms with E-state index >= 15 is 0 Å². The van der Waals surface area contributed by atoms with Crippen molar-refractivity contribution < 1.29 is 13.2 Å². The molecule has 1 saturated heterocycles. The van der Waals surface area contributed by atoms with Gasteiger partial charge in [0, 0.05) is 23.2 Å². The van der Waals surface area contributed by atoms with E-state index in [0.29, 0.717) is 40.1 Å². The summed E-state index contributed by atoms with van der Waals surface area (Å²) in [5.74, 6) is 0.766. The Kier molecular flexibility index (Phi) is 3.36. The maximum Gasteiger partial charge on any atom is 0.274 e. The van der Waals surface area contributed by atoms with E-state index in [1.165, 1.54) is 0 Å². The maximum absolute atomic E-state index is 14.7. The number of nitrogens with one attached hydrogen (secondary N) is 1. The standard InChI is InChI=1S/C22H18FN5O2S/c1-13-9-14(2)16(25-21(29)17-11-24-19-5-3-4-6-28(17)19)10-15(13)20-26-22(30-27-20)18-12-31(18,23)7-8-31/h3-6,9-11,18,31H,12H2,1-2H3,(H,25,29)/t18-/m1/s1. The van der Waals surface area contributed by atoms with Crippen LogP contribution in [-0.4, -0.2) is 31.2 Å². The van der Waals surface area contributed by atoms with Gasteiger partial charge in [-0.25, -0.2) is 4.98 Å². The van der Waals surface area contributed by atoms with Crippen LogP contribution in [0.4, 0.5) is 9.57 Å². The largest absolute Gasteiger partial charge is 0.338 e. The Morgan fingerprint density at radius 2 is 2.13 bits per heavy atom. The van der Waals surface area contributed by atoms with Crippen molar-refractivity contribution in [3.05, 3.63) is 65.4 Å². The number of imidazole rings is 1. The van der Waals surface area contributed by atoms with E-state index in [9.17, 15) is 8.68 Å². The average molecular weight is 435 g/mol. The lowest BCUT2D eigenvalue weighted by atomic mass is 10.0. The van der Waals surface area contributed by atoms with Crippen LogP contribution in [0.2, 0.25) is 0 Å². The van der Waals surface area contributed by atoms with E-state index in [0.717, 1.165) is 11.1 Å². The van der Waals surface area contributed by atoms with Gasteiger partial charge in [-0.15, -0.1) is 0 Å². The van der Waals surface area contributed by atoms with Crippen molar-refractivity contribution in [3.63, 3.8) is 0 Å². The van der Waals surface area contributed by atoms with Gasteiger partial charge in [-0.05, 0) is 53.7 Å². The molecule has 4 aromatic rings. The first-order valence-electron chi connectivity index (χ1n) is 9.82. The first-order valence-corrected chi connectivity index (χ1v) is 12.2. The molecule has 1 atom stereocenters. The van der Waals surface area contributed by atoms with Crippen molar-refractivity contribution in [1.82, 2.24) is 19.5 Å². The fourth-order valence-corrected chi connectivity index (χ4v) is 7.06. The second kappa shape index (κ2) is 5.74. The number of nitrogens with zero attached hydrogens (tertiary/aromatic N) is 4. The predicted molar refractivity (Wildman–Crippen MR) is 118 cm³/mol. The number of amides is 1. The Morgan fingerprint density at radius 1 is 1.29 bits per heavy atom. The van der Waals surface area contributed by atoms with Crippen molar-refractivity contribution in [2.75, 3.05) is 11.1 Å².